The van der Waals surface area contributed by atoms with Crippen molar-refractivity contribution < 1.29 is 14.7 Å². The number of carboxylic acids is 1. The van der Waals surface area contributed by atoms with E-state index in [-0.39, 0.29) is 5.91 Å². The monoisotopic (exact) mass is 262 g/mol. The quantitative estimate of drug-likeness (QED) is 0.772. The number of pyridine rings is 1. The molecule has 0 radical (unpaired) electrons. The molecule has 19 heavy (non-hydrogen) atoms. The van der Waals surface area contributed by atoms with Crippen LogP contribution in [0.5, 0.6) is 0 Å². The van der Waals surface area contributed by atoms with Gasteiger partial charge in [-0.05, 0) is 30.5 Å². The average Bonchev–Trinajstić information content (AvgIpc) is 2.34. The number of aromatic nitrogens is 1. The molecule has 0 aliphatic carbocycles. The molecule has 2 N–H and O–H groups in total. The van der Waals surface area contributed by atoms with Gasteiger partial charge in [0, 0.05) is 12.5 Å². The van der Waals surface area contributed by atoms with Crippen molar-refractivity contribution in [1.82, 2.24) is 4.98 Å². The fourth-order valence-corrected chi connectivity index (χ4v) is 1.40. The highest BCUT2D eigenvalue weighted by atomic mass is 16.4. The fraction of sp³-hybridized carbons (Fsp3) is 0.357. The average molecular weight is 262 g/mol. The van der Waals surface area contributed by atoms with Crippen molar-refractivity contribution in [2.45, 2.75) is 26.7 Å². The molecule has 0 saturated heterocycles. The first-order chi connectivity index (χ1) is 8.97. The molecule has 0 spiro atoms. The van der Waals surface area contributed by atoms with Crippen LogP contribution in [0.25, 0.3) is 6.08 Å². The van der Waals surface area contributed by atoms with Crippen LogP contribution in [0.4, 0.5) is 5.82 Å². The zero-order valence-electron chi connectivity index (χ0n) is 11.1. The zero-order chi connectivity index (χ0) is 14.3. The summed E-state index contributed by atoms with van der Waals surface area (Å²) in [5, 5.41) is 11.2. The summed E-state index contributed by atoms with van der Waals surface area (Å²) in [4.78, 5) is 26.2. The molecule has 5 nitrogen and oxygen atoms in total. The van der Waals surface area contributed by atoms with Crippen LogP contribution in [-0.4, -0.2) is 22.0 Å². The van der Waals surface area contributed by atoms with Gasteiger partial charge in [0.05, 0.1) is 5.69 Å². The van der Waals surface area contributed by atoms with Gasteiger partial charge < -0.3 is 10.4 Å². The van der Waals surface area contributed by atoms with Crippen LogP contribution in [0.3, 0.4) is 0 Å². The van der Waals surface area contributed by atoms with Crippen LogP contribution in [0, 0.1) is 5.92 Å². The van der Waals surface area contributed by atoms with Gasteiger partial charge in [-0.1, -0.05) is 19.9 Å². The molecular weight excluding hydrogens is 244 g/mol. The lowest BCUT2D eigenvalue weighted by atomic mass is 10.1. The Balaban J connectivity index is 2.61. The summed E-state index contributed by atoms with van der Waals surface area (Å²) in [7, 11) is 0. The molecule has 5 heteroatoms. The molecule has 0 aromatic carbocycles. The third-order valence-electron chi connectivity index (χ3n) is 2.38. The molecule has 1 heterocycles. The van der Waals surface area contributed by atoms with Gasteiger partial charge in [-0.2, -0.15) is 0 Å². The lowest BCUT2D eigenvalue weighted by Gasteiger charge is -2.06. The third kappa shape index (κ3) is 6.35. The Kier molecular flexibility index (Phi) is 5.73. The van der Waals surface area contributed by atoms with Crippen molar-refractivity contribution in [2.75, 3.05) is 5.32 Å². The van der Waals surface area contributed by atoms with Crippen LogP contribution in [0.15, 0.2) is 24.3 Å². The van der Waals surface area contributed by atoms with E-state index in [4.69, 9.17) is 5.11 Å². The van der Waals surface area contributed by atoms with E-state index in [1.54, 1.807) is 18.2 Å². The summed E-state index contributed by atoms with van der Waals surface area (Å²) >= 11 is 0. The van der Waals surface area contributed by atoms with Crippen molar-refractivity contribution >= 4 is 23.8 Å². The van der Waals surface area contributed by atoms with Crippen LogP contribution in [0.2, 0.25) is 0 Å². The highest BCUT2D eigenvalue weighted by Crippen LogP contribution is 2.09. The van der Waals surface area contributed by atoms with Gasteiger partial charge in [0.15, 0.2) is 0 Å². The Morgan fingerprint density at radius 2 is 2.16 bits per heavy atom. The first-order valence-electron chi connectivity index (χ1n) is 6.15. The van der Waals surface area contributed by atoms with E-state index >= 15 is 0 Å². The molecule has 0 bridgehead atoms. The predicted octanol–water partition coefficient (Wildman–Crippen LogP) is 2.55. The van der Waals surface area contributed by atoms with Gasteiger partial charge in [-0.3, -0.25) is 4.79 Å². The summed E-state index contributed by atoms with van der Waals surface area (Å²) < 4.78 is 0. The minimum absolute atomic E-state index is 0.0828. The summed E-state index contributed by atoms with van der Waals surface area (Å²) in [6, 6.07) is 5.06. The van der Waals surface area contributed by atoms with Gasteiger partial charge in [0.1, 0.15) is 5.82 Å². The zero-order valence-corrected chi connectivity index (χ0v) is 11.1. The topological polar surface area (TPSA) is 79.3 Å². The second kappa shape index (κ2) is 7.31. The van der Waals surface area contributed by atoms with E-state index in [1.807, 2.05) is 0 Å². The van der Waals surface area contributed by atoms with E-state index in [1.165, 1.54) is 6.08 Å². The Morgan fingerprint density at radius 3 is 2.79 bits per heavy atom. The minimum atomic E-state index is -1.03. The third-order valence-corrected chi connectivity index (χ3v) is 2.38. The van der Waals surface area contributed by atoms with E-state index in [0.29, 0.717) is 23.9 Å². The number of carboxylic acid groups (broad SMARTS) is 1. The second-order valence-corrected chi connectivity index (χ2v) is 4.60. The molecule has 1 amide bonds. The van der Waals surface area contributed by atoms with Crippen molar-refractivity contribution in [2.24, 2.45) is 5.92 Å². The maximum atomic E-state index is 11.6. The summed E-state index contributed by atoms with van der Waals surface area (Å²) in [6.45, 7) is 4.12. The summed E-state index contributed by atoms with van der Waals surface area (Å²) in [6.07, 6.45) is 3.66. The minimum Gasteiger partial charge on any atom is -0.478 e. The number of aliphatic carboxylic acids is 1. The van der Waals surface area contributed by atoms with Gasteiger partial charge in [-0.25, -0.2) is 9.78 Å². The number of carbonyl (C=O) groups is 2. The molecule has 1 rings (SSSR count). The van der Waals surface area contributed by atoms with Crippen molar-refractivity contribution in [3.63, 3.8) is 0 Å². The van der Waals surface area contributed by atoms with Gasteiger partial charge in [0.2, 0.25) is 5.91 Å². The Bertz CT molecular complexity index is 481. The van der Waals surface area contributed by atoms with Crippen LogP contribution in [0.1, 0.15) is 32.4 Å². The highest BCUT2D eigenvalue weighted by Gasteiger charge is 2.05. The number of amides is 1. The van der Waals surface area contributed by atoms with Gasteiger partial charge in [-0.15, -0.1) is 0 Å². The van der Waals surface area contributed by atoms with E-state index in [9.17, 15) is 9.59 Å². The molecule has 0 fully saturated rings. The SMILES string of the molecule is CC(C)CCC(=O)Nc1cccc(/C=C/C(=O)O)n1. The van der Waals surface area contributed by atoms with Crippen LogP contribution >= 0.6 is 0 Å². The van der Waals surface area contributed by atoms with E-state index in [2.05, 4.69) is 24.1 Å². The molecular formula is C14H18N2O3. The van der Waals surface area contributed by atoms with Gasteiger partial charge in [0.25, 0.3) is 0 Å². The standard InChI is InChI=1S/C14H18N2O3/c1-10(2)6-8-13(17)16-12-5-3-4-11(15-12)7-9-14(18)19/h3-5,7,9-10H,6,8H2,1-2H3,(H,18,19)(H,15,16,17)/b9-7+. The number of hydrogen-bond acceptors (Lipinski definition) is 3. The molecule has 0 aliphatic heterocycles. The van der Waals surface area contributed by atoms with Crippen molar-refractivity contribution in [1.29, 1.82) is 0 Å². The number of hydrogen-bond donors (Lipinski definition) is 2. The van der Waals surface area contributed by atoms with Crippen molar-refractivity contribution in [3.05, 3.63) is 30.0 Å². The number of carbonyl (C=O) groups excluding carboxylic acids is 1. The predicted molar refractivity (Wildman–Crippen MR) is 73.6 cm³/mol. The molecule has 1 aromatic heterocycles. The molecule has 0 atom stereocenters. The molecule has 0 unspecified atom stereocenters. The normalized spacial score (nSPS) is 10.9. The Morgan fingerprint density at radius 1 is 1.42 bits per heavy atom. The highest BCUT2D eigenvalue weighted by molar-refractivity contribution is 5.90. The maximum absolute atomic E-state index is 11.6. The number of rotatable bonds is 6. The number of nitrogens with one attached hydrogen (secondary N) is 1. The first kappa shape index (κ1) is 14.9. The number of anilines is 1. The fourth-order valence-electron chi connectivity index (χ4n) is 1.40. The molecule has 0 aliphatic rings. The molecule has 102 valence electrons. The second-order valence-electron chi connectivity index (χ2n) is 4.60. The summed E-state index contributed by atoms with van der Waals surface area (Å²) in [5.74, 6) is -0.210. The lowest BCUT2D eigenvalue weighted by Crippen LogP contribution is -2.13. The Labute approximate surface area is 112 Å². The number of nitrogens with zero attached hydrogens (tertiary/aromatic N) is 1. The molecule has 0 saturated carbocycles. The van der Waals surface area contributed by atoms with Crippen LogP contribution in [-0.2, 0) is 9.59 Å². The maximum Gasteiger partial charge on any atom is 0.328 e. The molecule has 1 aromatic rings. The Hall–Kier alpha value is -2.17. The first-order valence-corrected chi connectivity index (χ1v) is 6.15. The van der Waals surface area contributed by atoms with Crippen LogP contribution < -0.4 is 5.32 Å². The summed E-state index contributed by atoms with van der Waals surface area (Å²) in [5.41, 5.74) is 0.490. The van der Waals surface area contributed by atoms with Gasteiger partial charge >= 0.3 is 5.97 Å². The lowest BCUT2D eigenvalue weighted by molar-refractivity contribution is -0.131. The van der Waals surface area contributed by atoms with E-state index in [0.717, 1.165) is 12.5 Å². The smallest absolute Gasteiger partial charge is 0.328 e. The largest absolute Gasteiger partial charge is 0.478 e. The van der Waals surface area contributed by atoms with Crippen molar-refractivity contribution in [3.8, 4) is 0 Å². The van der Waals surface area contributed by atoms with E-state index < -0.39 is 5.97 Å².